The SMILES string of the molecule is C[C@H](O)CN1CC[C@@H](n2cc(C(N)=O)nn2)c2ccc(-c3ccnc(Nc4cnn(C)c4)n3)cc2C1. The molecule has 0 aliphatic carbocycles. The summed E-state index contributed by atoms with van der Waals surface area (Å²) in [5, 5.41) is 25.5. The van der Waals surface area contributed by atoms with Gasteiger partial charge in [0, 0.05) is 44.6 Å². The number of hydrogen-bond acceptors (Lipinski definition) is 9. The van der Waals surface area contributed by atoms with Crippen LogP contribution >= 0.6 is 0 Å². The molecule has 186 valence electrons. The Morgan fingerprint density at radius 1 is 1.31 bits per heavy atom. The second kappa shape index (κ2) is 9.84. The maximum Gasteiger partial charge on any atom is 0.270 e. The van der Waals surface area contributed by atoms with Crippen LogP contribution in [0.1, 0.15) is 41.0 Å². The van der Waals surface area contributed by atoms with Crippen molar-refractivity contribution in [2.24, 2.45) is 12.8 Å². The summed E-state index contributed by atoms with van der Waals surface area (Å²) in [4.78, 5) is 22.8. The summed E-state index contributed by atoms with van der Waals surface area (Å²) in [5.74, 6) is -0.133. The fourth-order valence-corrected chi connectivity index (χ4v) is 4.55. The zero-order chi connectivity index (χ0) is 25.2. The molecule has 0 saturated heterocycles. The van der Waals surface area contributed by atoms with Gasteiger partial charge in [0.25, 0.3) is 5.91 Å². The third-order valence-corrected chi connectivity index (χ3v) is 6.13. The molecule has 4 aromatic rings. The van der Waals surface area contributed by atoms with E-state index in [0.29, 0.717) is 19.0 Å². The Morgan fingerprint density at radius 3 is 2.89 bits per heavy atom. The van der Waals surface area contributed by atoms with Crippen LogP contribution in [0.15, 0.2) is 49.1 Å². The van der Waals surface area contributed by atoms with E-state index >= 15 is 0 Å². The van der Waals surface area contributed by atoms with E-state index in [1.807, 2.05) is 25.4 Å². The van der Waals surface area contributed by atoms with Gasteiger partial charge in [0.2, 0.25) is 5.95 Å². The summed E-state index contributed by atoms with van der Waals surface area (Å²) in [5.41, 5.74) is 10.2. The number of β-amino-alcohol motifs (C(OH)–C–C–N with tert-alkyl or cyclic N) is 1. The number of carbonyl (C=O) groups excluding carboxylic acids is 1. The van der Waals surface area contributed by atoms with Crippen molar-refractivity contribution in [2.75, 3.05) is 18.4 Å². The van der Waals surface area contributed by atoms with Gasteiger partial charge in [-0.25, -0.2) is 14.6 Å². The standard InChI is InChI=1S/C24H28N10O2/c1-15(35)11-33-8-6-22(34-14-21(23(25)36)30-31-34)19-4-3-16(9-17(19)12-33)20-5-7-26-24(29-20)28-18-10-27-32(2)13-18/h3-5,7,9-10,13-15,22,35H,6,8,11-12H2,1-2H3,(H2,25,36)(H,26,28,29)/t15-,22+/m0/s1. The zero-order valence-corrected chi connectivity index (χ0v) is 20.1. The van der Waals surface area contributed by atoms with Crippen molar-refractivity contribution in [3.8, 4) is 11.3 Å². The van der Waals surface area contributed by atoms with Crippen molar-refractivity contribution in [2.45, 2.75) is 32.0 Å². The number of carbonyl (C=O) groups is 1. The van der Waals surface area contributed by atoms with Crippen molar-refractivity contribution >= 4 is 17.5 Å². The highest BCUT2D eigenvalue weighted by molar-refractivity contribution is 5.90. The first-order valence-corrected chi connectivity index (χ1v) is 11.7. The number of anilines is 2. The maximum absolute atomic E-state index is 11.6. The number of fused-ring (bicyclic) bond motifs is 1. The molecule has 2 atom stereocenters. The van der Waals surface area contributed by atoms with Crippen molar-refractivity contribution < 1.29 is 9.90 Å². The lowest BCUT2D eigenvalue weighted by atomic mass is 9.96. The molecular formula is C24H28N10O2. The van der Waals surface area contributed by atoms with Crippen LogP contribution in [0.5, 0.6) is 0 Å². The molecule has 0 fully saturated rings. The summed E-state index contributed by atoms with van der Waals surface area (Å²) in [6, 6.07) is 7.96. The first kappa shape index (κ1) is 23.6. The van der Waals surface area contributed by atoms with E-state index < -0.39 is 12.0 Å². The van der Waals surface area contributed by atoms with Gasteiger partial charge in [-0.05, 0) is 36.6 Å². The Kier molecular flexibility index (Phi) is 6.44. The molecule has 4 heterocycles. The van der Waals surface area contributed by atoms with Crippen LogP contribution in [0.25, 0.3) is 11.3 Å². The van der Waals surface area contributed by atoms with E-state index in [-0.39, 0.29) is 11.7 Å². The minimum absolute atomic E-state index is 0.123. The van der Waals surface area contributed by atoms with Crippen LogP contribution in [0.4, 0.5) is 11.6 Å². The van der Waals surface area contributed by atoms with E-state index in [4.69, 9.17) is 10.7 Å². The fraction of sp³-hybridized carbons (Fsp3) is 0.333. The van der Waals surface area contributed by atoms with E-state index in [0.717, 1.165) is 41.0 Å². The molecule has 0 radical (unpaired) electrons. The highest BCUT2D eigenvalue weighted by Gasteiger charge is 2.26. The summed E-state index contributed by atoms with van der Waals surface area (Å²) >= 11 is 0. The van der Waals surface area contributed by atoms with Crippen molar-refractivity contribution in [3.63, 3.8) is 0 Å². The Morgan fingerprint density at radius 2 is 2.17 bits per heavy atom. The highest BCUT2D eigenvalue weighted by atomic mass is 16.3. The minimum Gasteiger partial charge on any atom is -0.392 e. The molecule has 12 nitrogen and oxygen atoms in total. The molecule has 3 aromatic heterocycles. The van der Waals surface area contributed by atoms with Crippen molar-refractivity contribution in [3.05, 3.63) is 65.9 Å². The van der Waals surface area contributed by atoms with Crippen LogP contribution < -0.4 is 11.1 Å². The molecule has 1 amide bonds. The minimum atomic E-state index is -0.611. The Bertz CT molecular complexity index is 1380. The molecule has 0 saturated carbocycles. The van der Waals surface area contributed by atoms with E-state index in [2.05, 4.69) is 42.7 Å². The van der Waals surface area contributed by atoms with E-state index in [1.54, 1.807) is 34.9 Å². The molecule has 0 spiro atoms. The average molecular weight is 489 g/mol. The molecular weight excluding hydrogens is 460 g/mol. The van der Waals surface area contributed by atoms with Gasteiger partial charge in [0.1, 0.15) is 0 Å². The number of aromatic nitrogens is 7. The first-order chi connectivity index (χ1) is 17.4. The third kappa shape index (κ3) is 5.09. The van der Waals surface area contributed by atoms with Gasteiger partial charge >= 0.3 is 0 Å². The second-order valence-corrected chi connectivity index (χ2v) is 9.04. The summed E-state index contributed by atoms with van der Waals surface area (Å²) in [6.07, 6.45) is 7.16. The molecule has 0 unspecified atom stereocenters. The Hall–Kier alpha value is -4.16. The van der Waals surface area contributed by atoms with Crippen LogP contribution in [-0.4, -0.2) is 69.8 Å². The normalized spacial score (nSPS) is 16.8. The lowest BCUT2D eigenvalue weighted by Crippen LogP contribution is -2.31. The monoisotopic (exact) mass is 488 g/mol. The van der Waals surface area contributed by atoms with E-state index in [9.17, 15) is 9.90 Å². The molecule has 4 N–H and O–H groups in total. The van der Waals surface area contributed by atoms with Crippen LogP contribution in [0, 0.1) is 0 Å². The van der Waals surface area contributed by atoms with Gasteiger partial charge in [0.15, 0.2) is 5.69 Å². The lowest BCUT2D eigenvalue weighted by molar-refractivity contribution is 0.0995. The topological polar surface area (TPSA) is 153 Å². The number of nitrogens with one attached hydrogen (secondary N) is 1. The van der Waals surface area contributed by atoms with Crippen LogP contribution in [-0.2, 0) is 13.6 Å². The summed E-state index contributed by atoms with van der Waals surface area (Å²) in [6.45, 7) is 3.74. The maximum atomic E-state index is 11.6. The Labute approximate surface area is 207 Å². The van der Waals surface area contributed by atoms with E-state index in [1.165, 1.54) is 0 Å². The molecule has 0 bridgehead atoms. The van der Waals surface area contributed by atoms with Crippen LogP contribution in [0.3, 0.4) is 0 Å². The highest BCUT2D eigenvalue weighted by Crippen LogP contribution is 2.33. The number of benzene rings is 1. The number of rotatable bonds is 7. The summed E-state index contributed by atoms with van der Waals surface area (Å²) in [7, 11) is 1.85. The Balaban J connectivity index is 1.49. The number of primary amides is 1. The van der Waals surface area contributed by atoms with Gasteiger partial charge in [-0.2, -0.15) is 5.10 Å². The average Bonchev–Trinajstić information content (AvgIpc) is 3.45. The molecule has 12 heteroatoms. The molecule has 1 aromatic carbocycles. The van der Waals surface area contributed by atoms with Gasteiger partial charge in [-0.1, -0.05) is 17.3 Å². The zero-order valence-electron chi connectivity index (χ0n) is 20.1. The third-order valence-electron chi connectivity index (χ3n) is 6.13. The number of hydrogen-bond donors (Lipinski definition) is 3. The number of aliphatic hydroxyl groups excluding tert-OH is 1. The molecule has 36 heavy (non-hydrogen) atoms. The second-order valence-electron chi connectivity index (χ2n) is 9.04. The van der Waals surface area contributed by atoms with Gasteiger partial charge in [0.05, 0.1) is 35.9 Å². The smallest absolute Gasteiger partial charge is 0.270 e. The largest absolute Gasteiger partial charge is 0.392 e. The number of nitrogens with zero attached hydrogens (tertiary/aromatic N) is 8. The molecule has 5 rings (SSSR count). The van der Waals surface area contributed by atoms with Gasteiger partial charge in [-0.3, -0.25) is 14.4 Å². The number of aryl methyl sites for hydroxylation is 1. The van der Waals surface area contributed by atoms with Crippen molar-refractivity contribution in [1.29, 1.82) is 0 Å². The predicted octanol–water partition coefficient (Wildman–Crippen LogP) is 1.49. The van der Waals surface area contributed by atoms with Crippen molar-refractivity contribution in [1.82, 2.24) is 39.6 Å². The number of nitrogens with two attached hydrogens (primary N) is 1. The number of amides is 1. The predicted molar refractivity (Wildman–Crippen MR) is 132 cm³/mol. The fourth-order valence-electron chi connectivity index (χ4n) is 4.55. The number of aliphatic hydroxyl groups is 1. The molecule has 1 aliphatic rings. The molecule has 1 aliphatic heterocycles. The first-order valence-electron chi connectivity index (χ1n) is 11.7. The quantitative estimate of drug-likeness (QED) is 0.351. The van der Waals surface area contributed by atoms with Gasteiger partial charge in [-0.15, -0.1) is 5.10 Å². The van der Waals surface area contributed by atoms with Crippen LogP contribution in [0.2, 0.25) is 0 Å². The van der Waals surface area contributed by atoms with Gasteiger partial charge < -0.3 is 16.2 Å². The lowest BCUT2D eigenvalue weighted by Gasteiger charge is -2.22. The summed E-state index contributed by atoms with van der Waals surface area (Å²) < 4.78 is 3.40.